The molecule has 2 N–H and O–H groups in total. The van der Waals surface area contributed by atoms with E-state index < -0.39 is 0 Å². The zero-order chi connectivity index (χ0) is 18.6. The second kappa shape index (κ2) is 8.75. The molecule has 0 aromatic rings. The average Bonchev–Trinajstić information content (AvgIpc) is 3.14. The minimum absolute atomic E-state index is 0.346. The number of piperidine rings is 1. The van der Waals surface area contributed by atoms with E-state index in [9.17, 15) is 0 Å². The van der Waals surface area contributed by atoms with Gasteiger partial charge in [-0.3, -0.25) is 9.89 Å². The van der Waals surface area contributed by atoms with E-state index in [1.54, 1.807) is 0 Å². The highest BCUT2D eigenvalue weighted by Crippen LogP contribution is 2.54. The molecule has 0 aromatic carbocycles. The third-order valence-electron chi connectivity index (χ3n) is 6.64. The monoisotopic (exact) mass is 362 g/mol. The molecule has 2 atom stereocenters. The first kappa shape index (κ1) is 19.7. The predicted octanol–water partition coefficient (Wildman–Crippen LogP) is 2.93. The number of nitrogens with one attached hydrogen (secondary N) is 2. The topological polar surface area (TPSA) is 48.9 Å². The molecule has 0 amide bonds. The summed E-state index contributed by atoms with van der Waals surface area (Å²) in [6, 6.07) is 1.03. The zero-order valence-electron chi connectivity index (χ0n) is 17.0. The molecule has 5 heteroatoms. The summed E-state index contributed by atoms with van der Waals surface area (Å²) in [5.41, 5.74) is 1.60. The van der Waals surface area contributed by atoms with Gasteiger partial charge in [0.25, 0.3) is 0 Å². The summed E-state index contributed by atoms with van der Waals surface area (Å²) in [5.74, 6) is 0.981. The molecular formula is C21H38N4O. The van der Waals surface area contributed by atoms with Crippen LogP contribution >= 0.6 is 0 Å². The van der Waals surface area contributed by atoms with Crippen LogP contribution in [0.15, 0.2) is 17.1 Å². The SMILES string of the molecule is C=C(C)CN1CCC(NC(=NC)NC2CC(OCC)C23CCCC3)CC1. The predicted molar refractivity (Wildman–Crippen MR) is 109 cm³/mol. The summed E-state index contributed by atoms with van der Waals surface area (Å²) in [7, 11) is 1.89. The van der Waals surface area contributed by atoms with Gasteiger partial charge in [0, 0.05) is 50.8 Å². The molecule has 1 heterocycles. The number of hydrogen-bond donors (Lipinski definition) is 2. The minimum atomic E-state index is 0.346. The Morgan fingerprint density at radius 3 is 2.50 bits per heavy atom. The Labute approximate surface area is 159 Å². The number of rotatable bonds is 6. The van der Waals surface area contributed by atoms with Crippen LogP contribution in [0.4, 0.5) is 0 Å². The van der Waals surface area contributed by atoms with Crippen LogP contribution < -0.4 is 10.6 Å². The normalized spacial score (nSPS) is 29.6. The largest absolute Gasteiger partial charge is 0.378 e. The van der Waals surface area contributed by atoms with E-state index in [0.29, 0.717) is 23.6 Å². The zero-order valence-corrected chi connectivity index (χ0v) is 17.0. The molecule has 2 unspecified atom stereocenters. The number of guanidine groups is 1. The van der Waals surface area contributed by atoms with Crippen molar-refractivity contribution >= 4 is 5.96 Å². The minimum Gasteiger partial charge on any atom is -0.378 e. The van der Waals surface area contributed by atoms with Gasteiger partial charge >= 0.3 is 0 Å². The van der Waals surface area contributed by atoms with Gasteiger partial charge in [0.05, 0.1) is 6.10 Å². The van der Waals surface area contributed by atoms with Gasteiger partial charge < -0.3 is 15.4 Å². The molecule has 148 valence electrons. The molecular weight excluding hydrogens is 324 g/mol. The number of likely N-dealkylation sites (tertiary alicyclic amines) is 1. The third-order valence-corrected chi connectivity index (χ3v) is 6.64. The van der Waals surface area contributed by atoms with Crippen molar-refractivity contribution in [3.8, 4) is 0 Å². The molecule has 0 aromatic heterocycles. The van der Waals surface area contributed by atoms with Gasteiger partial charge in [-0.05, 0) is 46.0 Å². The van der Waals surface area contributed by atoms with Crippen LogP contribution in [0.25, 0.3) is 0 Å². The van der Waals surface area contributed by atoms with Crippen LogP contribution in [-0.2, 0) is 4.74 Å². The molecule has 3 rings (SSSR count). The lowest BCUT2D eigenvalue weighted by atomic mass is 9.60. The van der Waals surface area contributed by atoms with Crippen LogP contribution in [-0.4, -0.2) is 62.3 Å². The van der Waals surface area contributed by atoms with Crippen molar-refractivity contribution in [3.63, 3.8) is 0 Å². The highest BCUT2D eigenvalue weighted by atomic mass is 16.5. The number of nitrogens with zero attached hydrogens (tertiary/aromatic N) is 2. The van der Waals surface area contributed by atoms with E-state index in [1.165, 1.54) is 44.1 Å². The summed E-state index contributed by atoms with van der Waals surface area (Å²) in [6.45, 7) is 12.4. The third kappa shape index (κ3) is 4.25. The van der Waals surface area contributed by atoms with E-state index >= 15 is 0 Å². The summed E-state index contributed by atoms with van der Waals surface area (Å²) in [5, 5.41) is 7.43. The molecule has 2 aliphatic carbocycles. The second-order valence-corrected chi connectivity index (χ2v) is 8.54. The highest BCUT2D eigenvalue weighted by molar-refractivity contribution is 5.80. The lowest BCUT2D eigenvalue weighted by Gasteiger charge is -2.54. The van der Waals surface area contributed by atoms with Crippen LogP contribution in [0.3, 0.4) is 0 Å². The Bertz CT molecular complexity index is 504. The van der Waals surface area contributed by atoms with E-state index in [2.05, 4.69) is 41.0 Å². The molecule has 3 aliphatic rings. The molecule has 1 spiro atoms. The van der Waals surface area contributed by atoms with E-state index in [4.69, 9.17) is 4.74 Å². The number of aliphatic imine (C=N–C) groups is 1. The van der Waals surface area contributed by atoms with Gasteiger partial charge in [-0.2, -0.15) is 0 Å². The van der Waals surface area contributed by atoms with Crippen LogP contribution in [0.5, 0.6) is 0 Å². The summed E-state index contributed by atoms with van der Waals surface area (Å²) in [6.07, 6.45) is 9.18. The van der Waals surface area contributed by atoms with Gasteiger partial charge in [0.1, 0.15) is 0 Å². The second-order valence-electron chi connectivity index (χ2n) is 8.54. The van der Waals surface area contributed by atoms with Crippen LogP contribution in [0.1, 0.15) is 58.8 Å². The molecule has 26 heavy (non-hydrogen) atoms. The molecule has 0 bridgehead atoms. The summed E-state index contributed by atoms with van der Waals surface area (Å²) in [4.78, 5) is 7.03. The van der Waals surface area contributed by atoms with Crippen molar-refractivity contribution < 1.29 is 4.74 Å². The number of ether oxygens (including phenoxy) is 1. The van der Waals surface area contributed by atoms with E-state index in [1.807, 2.05) is 7.05 Å². The standard InChI is InChI=1S/C21H38N4O/c1-5-26-19-14-18(21(19)10-6-7-11-21)24-20(22-4)23-17-8-12-25(13-9-17)15-16(2)3/h17-19H,2,5-15H2,1,3-4H3,(H2,22,23,24). The first-order valence-corrected chi connectivity index (χ1v) is 10.6. The van der Waals surface area contributed by atoms with Crippen molar-refractivity contribution in [2.75, 3.05) is 33.3 Å². The maximum Gasteiger partial charge on any atom is 0.191 e. The molecule has 2 saturated carbocycles. The Morgan fingerprint density at radius 1 is 1.23 bits per heavy atom. The summed E-state index contributed by atoms with van der Waals surface area (Å²) >= 11 is 0. The highest BCUT2D eigenvalue weighted by Gasteiger charge is 2.57. The molecule has 0 radical (unpaired) electrons. The Hall–Kier alpha value is -1.07. The average molecular weight is 363 g/mol. The van der Waals surface area contributed by atoms with E-state index in [-0.39, 0.29) is 0 Å². The fraction of sp³-hybridized carbons (Fsp3) is 0.857. The Kier molecular flexibility index (Phi) is 6.62. The Balaban J connectivity index is 1.49. The van der Waals surface area contributed by atoms with Crippen molar-refractivity contribution in [3.05, 3.63) is 12.2 Å². The van der Waals surface area contributed by atoms with Crippen molar-refractivity contribution in [2.24, 2.45) is 10.4 Å². The molecule has 1 aliphatic heterocycles. The van der Waals surface area contributed by atoms with Crippen molar-refractivity contribution in [2.45, 2.75) is 77.0 Å². The lowest BCUT2D eigenvalue weighted by molar-refractivity contribution is -0.125. The number of hydrogen-bond acceptors (Lipinski definition) is 3. The van der Waals surface area contributed by atoms with E-state index in [0.717, 1.165) is 38.6 Å². The first-order valence-electron chi connectivity index (χ1n) is 10.6. The molecule has 1 saturated heterocycles. The van der Waals surface area contributed by atoms with Gasteiger partial charge in [-0.1, -0.05) is 25.0 Å². The molecule has 5 nitrogen and oxygen atoms in total. The smallest absolute Gasteiger partial charge is 0.191 e. The fourth-order valence-corrected chi connectivity index (χ4v) is 5.24. The maximum atomic E-state index is 6.04. The molecule has 3 fully saturated rings. The first-order chi connectivity index (χ1) is 12.6. The van der Waals surface area contributed by atoms with Crippen molar-refractivity contribution in [1.29, 1.82) is 0 Å². The fourth-order valence-electron chi connectivity index (χ4n) is 5.24. The maximum absolute atomic E-state index is 6.04. The summed E-state index contributed by atoms with van der Waals surface area (Å²) < 4.78 is 6.04. The van der Waals surface area contributed by atoms with Crippen LogP contribution in [0.2, 0.25) is 0 Å². The van der Waals surface area contributed by atoms with Gasteiger partial charge in [0.15, 0.2) is 5.96 Å². The lowest BCUT2D eigenvalue weighted by Crippen LogP contribution is -2.65. The van der Waals surface area contributed by atoms with Crippen LogP contribution in [0, 0.1) is 5.41 Å². The van der Waals surface area contributed by atoms with Gasteiger partial charge in [0.2, 0.25) is 0 Å². The quantitative estimate of drug-likeness (QED) is 0.433. The Morgan fingerprint density at radius 2 is 1.92 bits per heavy atom. The van der Waals surface area contributed by atoms with Crippen molar-refractivity contribution in [1.82, 2.24) is 15.5 Å². The van der Waals surface area contributed by atoms with Gasteiger partial charge in [-0.25, -0.2) is 0 Å². The van der Waals surface area contributed by atoms with Gasteiger partial charge in [-0.15, -0.1) is 0 Å².